The topological polar surface area (TPSA) is 48.2 Å². The molecule has 1 heterocycles. The molecule has 0 amide bonds. The van der Waals surface area contributed by atoms with Crippen LogP contribution in [0.4, 0.5) is 0 Å². The Kier molecular flexibility index (Phi) is 6.00. The molecule has 0 atom stereocenters. The molecule has 1 aromatic heterocycles. The van der Waals surface area contributed by atoms with Crippen LogP contribution in [0.5, 0.6) is 0 Å². The second-order valence-corrected chi connectivity index (χ2v) is 4.37. The van der Waals surface area contributed by atoms with E-state index < -0.39 is 0 Å². The van der Waals surface area contributed by atoms with Crippen LogP contribution in [0, 0.1) is 0 Å². The molecule has 0 aromatic carbocycles. The monoisotopic (exact) mass is 241 g/mol. The van der Waals surface area contributed by atoms with Crippen LogP contribution in [0.15, 0.2) is 17.2 Å². The van der Waals surface area contributed by atoms with Gasteiger partial charge in [0.05, 0.1) is 0 Å². The molecular weight excluding hydrogens is 218 g/mol. The first-order chi connectivity index (χ1) is 8.16. The van der Waals surface area contributed by atoms with Crippen LogP contribution >= 0.6 is 0 Å². The average Bonchev–Trinajstić information content (AvgIpc) is 2.65. The minimum atomic E-state index is 0.0682. The zero-order valence-corrected chi connectivity index (χ0v) is 11.0. The molecule has 0 aliphatic heterocycles. The number of nitrogens with zero attached hydrogens (tertiary/aromatic N) is 2. The lowest BCUT2D eigenvalue weighted by Crippen LogP contribution is -2.29. The van der Waals surface area contributed by atoms with E-state index in [9.17, 15) is 4.79 Å². The van der Waals surface area contributed by atoms with Gasteiger partial charge in [-0.1, -0.05) is 0 Å². The fourth-order valence-corrected chi connectivity index (χ4v) is 1.66. The Morgan fingerprint density at radius 3 is 2.71 bits per heavy atom. The molecule has 0 saturated carbocycles. The number of ether oxygens (including phenoxy) is 1. The molecule has 0 aliphatic carbocycles. The first-order valence-corrected chi connectivity index (χ1v) is 6.13. The summed E-state index contributed by atoms with van der Waals surface area (Å²) >= 11 is 0. The Morgan fingerprint density at radius 2 is 2.12 bits per heavy atom. The molecule has 0 fully saturated rings. The molecule has 17 heavy (non-hydrogen) atoms. The average molecular weight is 241 g/mol. The van der Waals surface area contributed by atoms with Crippen LogP contribution in [0.25, 0.3) is 0 Å². The molecule has 5 nitrogen and oxygen atoms in total. The first kappa shape index (κ1) is 14.0. The summed E-state index contributed by atoms with van der Waals surface area (Å²) in [7, 11) is 1.70. The van der Waals surface area contributed by atoms with Crippen molar-refractivity contribution in [1.82, 2.24) is 14.5 Å². The summed E-state index contributed by atoms with van der Waals surface area (Å²) in [5.74, 6) is 0. The highest BCUT2D eigenvalue weighted by Gasteiger charge is 2.04. The van der Waals surface area contributed by atoms with Gasteiger partial charge in [-0.2, -0.15) is 0 Å². The van der Waals surface area contributed by atoms with Gasteiger partial charge in [0.25, 0.3) is 0 Å². The van der Waals surface area contributed by atoms with Crippen molar-refractivity contribution >= 4 is 0 Å². The van der Waals surface area contributed by atoms with Crippen molar-refractivity contribution < 1.29 is 4.74 Å². The normalized spacial score (nSPS) is 11.3. The lowest BCUT2D eigenvalue weighted by atomic mass is 10.4. The molecule has 1 aromatic rings. The van der Waals surface area contributed by atoms with E-state index in [-0.39, 0.29) is 11.7 Å². The van der Waals surface area contributed by atoms with Gasteiger partial charge in [0.2, 0.25) is 0 Å². The highest BCUT2D eigenvalue weighted by atomic mass is 16.5. The number of imidazole rings is 1. The maximum Gasteiger partial charge on any atom is 0.328 e. The Hall–Kier alpha value is -1.07. The smallest absolute Gasteiger partial charge is 0.328 e. The van der Waals surface area contributed by atoms with Crippen molar-refractivity contribution in [3.63, 3.8) is 0 Å². The zero-order chi connectivity index (χ0) is 12.7. The van der Waals surface area contributed by atoms with E-state index in [1.165, 1.54) is 0 Å². The summed E-state index contributed by atoms with van der Waals surface area (Å²) in [6.45, 7) is 7.24. The summed E-state index contributed by atoms with van der Waals surface area (Å²) in [6, 6.07) is 0.221. The number of aromatic nitrogens is 2. The summed E-state index contributed by atoms with van der Waals surface area (Å²) in [6.07, 6.45) is 4.69. The van der Waals surface area contributed by atoms with Crippen molar-refractivity contribution in [3.8, 4) is 0 Å². The van der Waals surface area contributed by atoms with Crippen LogP contribution in [-0.2, 0) is 11.3 Å². The van der Waals surface area contributed by atoms with Crippen LogP contribution in [0.2, 0.25) is 0 Å². The minimum absolute atomic E-state index is 0.0682. The highest BCUT2D eigenvalue weighted by Crippen LogP contribution is 1.98. The molecule has 0 aliphatic rings. The molecule has 98 valence electrons. The largest absolute Gasteiger partial charge is 0.385 e. The lowest BCUT2D eigenvalue weighted by Gasteiger charge is -2.06. The summed E-state index contributed by atoms with van der Waals surface area (Å²) < 4.78 is 8.44. The molecule has 0 spiro atoms. The third-order valence-electron chi connectivity index (χ3n) is 2.66. The van der Waals surface area contributed by atoms with Crippen LogP contribution in [0.1, 0.15) is 26.3 Å². The Morgan fingerprint density at radius 1 is 1.35 bits per heavy atom. The Balaban J connectivity index is 2.30. The van der Waals surface area contributed by atoms with Crippen LogP contribution in [0.3, 0.4) is 0 Å². The van der Waals surface area contributed by atoms with Gasteiger partial charge >= 0.3 is 5.69 Å². The van der Waals surface area contributed by atoms with Gasteiger partial charge in [0.1, 0.15) is 0 Å². The van der Waals surface area contributed by atoms with Crippen molar-refractivity contribution in [2.45, 2.75) is 32.9 Å². The van der Waals surface area contributed by atoms with Crippen molar-refractivity contribution in [2.75, 3.05) is 26.8 Å². The van der Waals surface area contributed by atoms with E-state index in [2.05, 4.69) is 5.32 Å². The number of nitrogens with one attached hydrogen (secondary N) is 1. The Bertz CT molecular complexity index is 368. The summed E-state index contributed by atoms with van der Waals surface area (Å²) in [4.78, 5) is 11.9. The van der Waals surface area contributed by atoms with E-state index in [1.54, 1.807) is 16.2 Å². The SMILES string of the molecule is COCCCNCCn1ccn(C(C)C)c1=O. The number of hydrogen-bond donors (Lipinski definition) is 1. The van der Waals surface area contributed by atoms with Crippen molar-refractivity contribution in [3.05, 3.63) is 22.9 Å². The standard InChI is InChI=1S/C12H23N3O2/c1-11(2)15-9-8-14(12(15)16)7-6-13-5-4-10-17-3/h8-9,11,13H,4-7,10H2,1-3H3. The van der Waals surface area contributed by atoms with Crippen molar-refractivity contribution in [1.29, 1.82) is 0 Å². The molecule has 0 bridgehead atoms. The van der Waals surface area contributed by atoms with E-state index in [0.29, 0.717) is 6.54 Å². The molecule has 1 rings (SSSR count). The lowest BCUT2D eigenvalue weighted by molar-refractivity contribution is 0.194. The minimum Gasteiger partial charge on any atom is -0.385 e. The summed E-state index contributed by atoms with van der Waals surface area (Å²) in [5.41, 5.74) is 0.0682. The maximum absolute atomic E-state index is 11.9. The van der Waals surface area contributed by atoms with Gasteiger partial charge in [-0.05, 0) is 26.8 Å². The third-order valence-corrected chi connectivity index (χ3v) is 2.66. The van der Waals surface area contributed by atoms with Gasteiger partial charge in [0.15, 0.2) is 0 Å². The van der Waals surface area contributed by atoms with Crippen LogP contribution < -0.4 is 11.0 Å². The van der Waals surface area contributed by atoms with Gasteiger partial charge in [-0.15, -0.1) is 0 Å². The molecule has 5 heteroatoms. The van der Waals surface area contributed by atoms with Crippen LogP contribution in [-0.4, -0.2) is 35.9 Å². The van der Waals surface area contributed by atoms with Crippen molar-refractivity contribution in [2.24, 2.45) is 0 Å². The van der Waals surface area contributed by atoms with E-state index >= 15 is 0 Å². The predicted molar refractivity (Wildman–Crippen MR) is 68.4 cm³/mol. The number of rotatable bonds is 8. The first-order valence-electron chi connectivity index (χ1n) is 6.13. The zero-order valence-electron chi connectivity index (χ0n) is 11.0. The van der Waals surface area contributed by atoms with E-state index in [4.69, 9.17) is 4.74 Å². The Labute approximate surface area is 102 Å². The second kappa shape index (κ2) is 7.29. The van der Waals surface area contributed by atoms with Gasteiger partial charge in [-0.25, -0.2) is 4.79 Å². The molecule has 1 N–H and O–H groups in total. The molecule has 0 saturated heterocycles. The third kappa shape index (κ3) is 4.36. The predicted octanol–water partition coefficient (Wildman–Crippen LogP) is 0.857. The van der Waals surface area contributed by atoms with Gasteiger partial charge < -0.3 is 10.1 Å². The van der Waals surface area contributed by atoms with E-state index in [0.717, 1.165) is 26.1 Å². The number of methoxy groups -OCH3 is 1. The molecular formula is C12H23N3O2. The second-order valence-electron chi connectivity index (χ2n) is 4.37. The number of hydrogen-bond acceptors (Lipinski definition) is 3. The van der Waals surface area contributed by atoms with Gasteiger partial charge in [0, 0.05) is 45.2 Å². The fraction of sp³-hybridized carbons (Fsp3) is 0.750. The quantitative estimate of drug-likeness (QED) is 0.687. The maximum atomic E-state index is 11.9. The van der Waals surface area contributed by atoms with Gasteiger partial charge in [-0.3, -0.25) is 9.13 Å². The molecule has 0 radical (unpaired) electrons. The fourth-order valence-electron chi connectivity index (χ4n) is 1.66. The summed E-state index contributed by atoms with van der Waals surface area (Å²) in [5, 5.41) is 3.29. The molecule has 0 unspecified atom stereocenters. The van der Waals surface area contributed by atoms with E-state index in [1.807, 2.05) is 26.2 Å². The highest BCUT2D eigenvalue weighted by molar-refractivity contribution is 4.83.